The number of aliphatic carboxylic acids is 1. The van der Waals surface area contributed by atoms with Crippen LogP contribution >= 0.6 is 0 Å². The van der Waals surface area contributed by atoms with E-state index in [9.17, 15) is 14.7 Å². The van der Waals surface area contributed by atoms with Crippen molar-refractivity contribution in [3.63, 3.8) is 0 Å². The largest absolute Gasteiger partial charge is 0.481 e. The Labute approximate surface area is 119 Å². The van der Waals surface area contributed by atoms with Crippen LogP contribution in [0.25, 0.3) is 0 Å². The fourth-order valence-corrected chi connectivity index (χ4v) is 2.79. The molecule has 1 saturated carbocycles. The standard InChI is InChI=1S/C16H21NO3/c1-12-4-6-13(7-5-12)11-17-14(18)10-16(15(19)20)8-2-3-9-16/h4-7H,2-3,8-11H2,1H3,(H,17,18)(H,19,20). The molecule has 2 rings (SSSR count). The lowest BCUT2D eigenvalue weighted by atomic mass is 9.82. The first kappa shape index (κ1) is 14.6. The predicted molar refractivity (Wildman–Crippen MR) is 76.2 cm³/mol. The molecule has 2 N–H and O–H groups in total. The van der Waals surface area contributed by atoms with Gasteiger partial charge in [0.2, 0.25) is 5.91 Å². The van der Waals surface area contributed by atoms with Gasteiger partial charge in [0, 0.05) is 13.0 Å². The van der Waals surface area contributed by atoms with Crippen LogP contribution in [0.2, 0.25) is 0 Å². The molecule has 0 bridgehead atoms. The molecular formula is C16H21NO3. The molecule has 0 saturated heterocycles. The topological polar surface area (TPSA) is 66.4 Å². The highest BCUT2D eigenvalue weighted by atomic mass is 16.4. The summed E-state index contributed by atoms with van der Waals surface area (Å²) in [6.45, 7) is 2.47. The first-order chi connectivity index (χ1) is 9.52. The van der Waals surface area contributed by atoms with Gasteiger partial charge in [-0.2, -0.15) is 0 Å². The first-order valence-electron chi connectivity index (χ1n) is 7.07. The molecule has 1 aliphatic rings. The van der Waals surface area contributed by atoms with Crippen molar-refractivity contribution in [1.29, 1.82) is 0 Å². The van der Waals surface area contributed by atoms with E-state index >= 15 is 0 Å². The van der Waals surface area contributed by atoms with E-state index in [1.54, 1.807) is 0 Å². The van der Waals surface area contributed by atoms with Crippen LogP contribution in [0.5, 0.6) is 0 Å². The van der Waals surface area contributed by atoms with Gasteiger partial charge in [0.15, 0.2) is 0 Å². The lowest BCUT2D eigenvalue weighted by Gasteiger charge is -2.22. The van der Waals surface area contributed by atoms with Crippen molar-refractivity contribution in [2.75, 3.05) is 0 Å². The van der Waals surface area contributed by atoms with Crippen LogP contribution in [0, 0.1) is 12.3 Å². The van der Waals surface area contributed by atoms with Gasteiger partial charge in [-0.25, -0.2) is 0 Å². The Hall–Kier alpha value is -1.84. The first-order valence-corrected chi connectivity index (χ1v) is 7.07. The molecule has 20 heavy (non-hydrogen) atoms. The van der Waals surface area contributed by atoms with Gasteiger partial charge in [-0.15, -0.1) is 0 Å². The fraction of sp³-hybridized carbons (Fsp3) is 0.500. The molecule has 0 aliphatic heterocycles. The number of hydrogen-bond donors (Lipinski definition) is 2. The minimum absolute atomic E-state index is 0.0915. The third-order valence-corrected chi connectivity index (χ3v) is 4.12. The average Bonchev–Trinajstić information content (AvgIpc) is 2.88. The van der Waals surface area contributed by atoms with Crippen LogP contribution < -0.4 is 5.32 Å². The van der Waals surface area contributed by atoms with Gasteiger partial charge in [-0.3, -0.25) is 9.59 Å². The Balaban J connectivity index is 1.89. The highest BCUT2D eigenvalue weighted by Crippen LogP contribution is 2.41. The second kappa shape index (κ2) is 6.07. The van der Waals surface area contributed by atoms with Gasteiger partial charge < -0.3 is 10.4 Å². The van der Waals surface area contributed by atoms with Crippen molar-refractivity contribution in [3.8, 4) is 0 Å². The molecule has 108 valence electrons. The zero-order valence-corrected chi connectivity index (χ0v) is 11.8. The van der Waals surface area contributed by atoms with Crippen molar-refractivity contribution in [2.45, 2.75) is 45.6 Å². The number of amides is 1. The van der Waals surface area contributed by atoms with E-state index in [4.69, 9.17) is 0 Å². The summed E-state index contributed by atoms with van der Waals surface area (Å²) in [6, 6.07) is 7.94. The maximum absolute atomic E-state index is 12.0. The highest BCUT2D eigenvalue weighted by Gasteiger charge is 2.42. The van der Waals surface area contributed by atoms with Crippen LogP contribution in [0.3, 0.4) is 0 Å². The summed E-state index contributed by atoms with van der Waals surface area (Å²) < 4.78 is 0. The molecule has 0 aromatic heterocycles. The minimum Gasteiger partial charge on any atom is -0.481 e. The van der Waals surface area contributed by atoms with Crippen molar-refractivity contribution < 1.29 is 14.7 Å². The van der Waals surface area contributed by atoms with E-state index in [-0.39, 0.29) is 12.3 Å². The van der Waals surface area contributed by atoms with Crippen molar-refractivity contribution in [2.24, 2.45) is 5.41 Å². The number of carboxylic acids is 1. The second-order valence-electron chi connectivity index (χ2n) is 5.73. The fourth-order valence-electron chi connectivity index (χ4n) is 2.79. The normalized spacial score (nSPS) is 16.9. The lowest BCUT2D eigenvalue weighted by Crippen LogP contribution is -2.35. The number of carboxylic acid groups (broad SMARTS) is 1. The molecule has 4 heteroatoms. The Morgan fingerprint density at radius 2 is 1.80 bits per heavy atom. The Kier molecular flexibility index (Phi) is 4.42. The summed E-state index contributed by atoms with van der Waals surface area (Å²) >= 11 is 0. The lowest BCUT2D eigenvalue weighted by molar-refractivity contribution is -0.151. The van der Waals surface area contributed by atoms with Crippen LogP contribution in [-0.4, -0.2) is 17.0 Å². The molecular weight excluding hydrogens is 254 g/mol. The Morgan fingerprint density at radius 3 is 2.35 bits per heavy atom. The summed E-state index contributed by atoms with van der Waals surface area (Å²) in [6.07, 6.45) is 3.11. The number of carbonyl (C=O) groups is 2. The van der Waals surface area contributed by atoms with Crippen LogP contribution in [0.15, 0.2) is 24.3 Å². The second-order valence-corrected chi connectivity index (χ2v) is 5.73. The highest BCUT2D eigenvalue weighted by molar-refractivity contribution is 5.85. The van der Waals surface area contributed by atoms with Crippen molar-refractivity contribution >= 4 is 11.9 Å². The van der Waals surface area contributed by atoms with Gasteiger partial charge in [0.1, 0.15) is 0 Å². The smallest absolute Gasteiger partial charge is 0.310 e. The number of nitrogens with one attached hydrogen (secondary N) is 1. The molecule has 0 heterocycles. The van der Waals surface area contributed by atoms with Gasteiger partial charge >= 0.3 is 5.97 Å². The number of rotatable bonds is 5. The van der Waals surface area contributed by atoms with Gasteiger partial charge in [0.05, 0.1) is 5.41 Å². The van der Waals surface area contributed by atoms with Crippen molar-refractivity contribution in [3.05, 3.63) is 35.4 Å². The minimum atomic E-state index is -0.836. The molecule has 4 nitrogen and oxygen atoms in total. The average molecular weight is 275 g/mol. The van der Waals surface area contributed by atoms with E-state index in [1.165, 1.54) is 5.56 Å². The van der Waals surface area contributed by atoms with Crippen LogP contribution in [-0.2, 0) is 16.1 Å². The van der Waals surface area contributed by atoms with E-state index in [2.05, 4.69) is 5.32 Å². The summed E-state index contributed by atoms with van der Waals surface area (Å²) in [7, 11) is 0. The number of carbonyl (C=O) groups excluding carboxylic acids is 1. The maximum Gasteiger partial charge on any atom is 0.310 e. The molecule has 0 radical (unpaired) electrons. The van der Waals surface area contributed by atoms with Gasteiger partial charge in [-0.1, -0.05) is 42.7 Å². The SMILES string of the molecule is Cc1ccc(CNC(=O)CC2(C(=O)O)CCCC2)cc1. The zero-order chi connectivity index (χ0) is 14.6. The summed E-state index contributed by atoms with van der Waals surface area (Å²) in [4.78, 5) is 23.4. The summed E-state index contributed by atoms with van der Waals surface area (Å²) in [5.74, 6) is -1.00. The maximum atomic E-state index is 12.0. The van der Waals surface area contributed by atoms with E-state index in [0.717, 1.165) is 18.4 Å². The van der Waals surface area contributed by atoms with Crippen LogP contribution in [0.4, 0.5) is 0 Å². The quantitative estimate of drug-likeness (QED) is 0.868. The molecule has 0 spiro atoms. The Morgan fingerprint density at radius 1 is 1.20 bits per heavy atom. The molecule has 1 aromatic carbocycles. The molecule has 1 aliphatic carbocycles. The molecule has 0 unspecified atom stereocenters. The summed E-state index contributed by atoms with van der Waals surface area (Å²) in [5, 5.41) is 12.2. The summed E-state index contributed by atoms with van der Waals surface area (Å²) in [5.41, 5.74) is 1.37. The number of hydrogen-bond acceptors (Lipinski definition) is 2. The van der Waals surface area contributed by atoms with Crippen molar-refractivity contribution in [1.82, 2.24) is 5.32 Å². The molecule has 0 atom stereocenters. The molecule has 1 fully saturated rings. The van der Waals surface area contributed by atoms with E-state index in [0.29, 0.717) is 19.4 Å². The van der Waals surface area contributed by atoms with Gasteiger partial charge in [-0.05, 0) is 25.3 Å². The van der Waals surface area contributed by atoms with Crippen LogP contribution in [0.1, 0.15) is 43.2 Å². The van der Waals surface area contributed by atoms with E-state index in [1.807, 2.05) is 31.2 Å². The molecule has 1 amide bonds. The predicted octanol–water partition coefficient (Wildman–Crippen LogP) is 2.65. The molecule has 1 aromatic rings. The monoisotopic (exact) mass is 275 g/mol. The third kappa shape index (κ3) is 3.38. The van der Waals surface area contributed by atoms with E-state index < -0.39 is 11.4 Å². The zero-order valence-electron chi connectivity index (χ0n) is 11.8. The Bertz CT molecular complexity index is 487. The number of aryl methyl sites for hydroxylation is 1. The number of benzene rings is 1. The van der Waals surface area contributed by atoms with Gasteiger partial charge in [0.25, 0.3) is 0 Å². The third-order valence-electron chi connectivity index (χ3n) is 4.12.